The summed E-state index contributed by atoms with van der Waals surface area (Å²) in [6, 6.07) is 11.6. The molecule has 0 aliphatic rings. The van der Waals surface area contributed by atoms with Gasteiger partial charge in [0.15, 0.2) is 5.58 Å². The fourth-order valence-corrected chi connectivity index (χ4v) is 2.88. The van der Waals surface area contributed by atoms with Gasteiger partial charge in [-0.25, -0.2) is 9.78 Å². The number of carbonyl (C=O) groups excluding carboxylic acids is 2. The second-order valence-electron chi connectivity index (χ2n) is 5.00. The van der Waals surface area contributed by atoms with E-state index >= 15 is 0 Å². The molecule has 3 rings (SSSR count). The monoisotopic (exact) mass is 376 g/mol. The molecule has 0 saturated heterocycles. The average molecular weight is 377 g/mol. The van der Waals surface area contributed by atoms with Gasteiger partial charge in [0.1, 0.15) is 5.52 Å². The van der Waals surface area contributed by atoms with Gasteiger partial charge in [-0.2, -0.15) is 0 Å². The minimum atomic E-state index is -0.426. The van der Waals surface area contributed by atoms with Gasteiger partial charge in [-0.3, -0.25) is 4.79 Å². The number of anilines is 1. The molecule has 0 unspecified atom stereocenters. The molecule has 0 radical (unpaired) electrons. The summed E-state index contributed by atoms with van der Waals surface area (Å²) >= 11 is 7.09. The van der Waals surface area contributed by atoms with E-state index in [9.17, 15) is 9.59 Å². The summed E-state index contributed by atoms with van der Waals surface area (Å²) in [5.41, 5.74) is 2.27. The maximum Gasteiger partial charge on any atom is 0.337 e. The van der Waals surface area contributed by atoms with E-state index in [0.717, 1.165) is 0 Å². The van der Waals surface area contributed by atoms with Crippen molar-refractivity contribution < 1.29 is 18.7 Å². The van der Waals surface area contributed by atoms with E-state index in [1.54, 1.807) is 42.5 Å². The van der Waals surface area contributed by atoms with Crippen LogP contribution in [0.4, 0.5) is 5.69 Å². The lowest BCUT2D eigenvalue weighted by molar-refractivity contribution is -0.113. The van der Waals surface area contributed by atoms with Crippen molar-refractivity contribution in [3.05, 3.63) is 53.1 Å². The average Bonchev–Trinajstić information content (AvgIpc) is 3.02. The van der Waals surface area contributed by atoms with Crippen LogP contribution in [0.1, 0.15) is 10.4 Å². The quantitative estimate of drug-likeness (QED) is 0.535. The summed E-state index contributed by atoms with van der Waals surface area (Å²) in [4.78, 5) is 27.7. The van der Waals surface area contributed by atoms with Crippen molar-refractivity contribution in [2.45, 2.75) is 5.22 Å². The van der Waals surface area contributed by atoms with Crippen molar-refractivity contribution in [1.82, 2.24) is 4.98 Å². The number of hydrogen-bond acceptors (Lipinski definition) is 6. The van der Waals surface area contributed by atoms with Crippen LogP contribution >= 0.6 is 23.4 Å². The van der Waals surface area contributed by atoms with Gasteiger partial charge < -0.3 is 14.5 Å². The van der Waals surface area contributed by atoms with Gasteiger partial charge in [0, 0.05) is 10.7 Å². The molecule has 1 amide bonds. The zero-order chi connectivity index (χ0) is 17.8. The second kappa shape index (κ2) is 7.58. The first-order chi connectivity index (χ1) is 12.0. The molecule has 0 saturated carbocycles. The van der Waals surface area contributed by atoms with E-state index in [4.69, 9.17) is 16.0 Å². The smallest absolute Gasteiger partial charge is 0.337 e. The van der Waals surface area contributed by atoms with E-state index in [2.05, 4.69) is 15.0 Å². The molecule has 3 aromatic rings. The van der Waals surface area contributed by atoms with Crippen LogP contribution in [-0.4, -0.2) is 29.7 Å². The Labute approximate surface area is 152 Å². The fraction of sp³-hybridized carbons (Fsp3) is 0.118. The van der Waals surface area contributed by atoms with E-state index in [1.807, 2.05) is 0 Å². The molecular formula is C17H13ClN2O4S. The molecule has 1 heterocycles. The van der Waals surface area contributed by atoms with Crippen molar-refractivity contribution >= 4 is 52.0 Å². The molecular weight excluding hydrogens is 364 g/mol. The van der Waals surface area contributed by atoms with E-state index < -0.39 is 5.97 Å². The van der Waals surface area contributed by atoms with Crippen LogP contribution in [0, 0.1) is 0 Å². The van der Waals surface area contributed by atoms with Crippen molar-refractivity contribution in [1.29, 1.82) is 0 Å². The molecule has 0 aliphatic heterocycles. The molecule has 8 heteroatoms. The number of hydrogen-bond donors (Lipinski definition) is 1. The number of ether oxygens (including phenoxy) is 1. The van der Waals surface area contributed by atoms with Crippen LogP contribution in [0.15, 0.2) is 52.1 Å². The van der Waals surface area contributed by atoms with Crippen LogP contribution in [0.2, 0.25) is 5.02 Å². The number of aromatic nitrogens is 1. The Morgan fingerprint density at radius 3 is 2.72 bits per heavy atom. The normalized spacial score (nSPS) is 10.6. The fourth-order valence-electron chi connectivity index (χ4n) is 2.07. The Morgan fingerprint density at radius 2 is 2.00 bits per heavy atom. The Kier molecular flexibility index (Phi) is 5.25. The summed E-state index contributed by atoms with van der Waals surface area (Å²) < 4.78 is 10.2. The van der Waals surface area contributed by atoms with E-state index in [0.29, 0.717) is 32.6 Å². The van der Waals surface area contributed by atoms with Gasteiger partial charge in [-0.05, 0) is 42.5 Å². The van der Waals surface area contributed by atoms with E-state index in [-0.39, 0.29) is 11.7 Å². The highest BCUT2D eigenvalue weighted by atomic mass is 35.5. The lowest BCUT2D eigenvalue weighted by Crippen LogP contribution is -2.14. The highest BCUT2D eigenvalue weighted by Gasteiger charge is 2.11. The minimum Gasteiger partial charge on any atom is -0.465 e. The van der Waals surface area contributed by atoms with Gasteiger partial charge in [0.05, 0.1) is 18.4 Å². The zero-order valence-electron chi connectivity index (χ0n) is 13.1. The molecule has 0 aliphatic carbocycles. The number of esters is 1. The SMILES string of the molecule is COC(=O)c1ccc(NC(=O)CSc2nc3cc(Cl)ccc3o2)cc1. The first kappa shape index (κ1) is 17.3. The number of nitrogens with one attached hydrogen (secondary N) is 1. The third-order valence-electron chi connectivity index (χ3n) is 3.25. The van der Waals surface area contributed by atoms with Crippen molar-refractivity contribution in [3.8, 4) is 0 Å². The summed E-state index contributed by atoms with van der Waals surface area (Å²) in [7, 11) is 1.31. The third-order valence-corrected chi connectivity index (χ3v) is 4.31. The Bertz CT molecular complexity index is 924. The number of methoxy groups -OCH3 is 1. The minimum absolute atomic E-state index is 0.138. The first-order valence-electron chi connectivity index (χ1n) is 7.22. The van der Waals surface area contributed by atoms with Crippen LogP contribution in [-0.2, 0) is 9.53 Å². The summed E-state index contributed by atoms with van der Waals surface area (Å²) in [6.45, 7) is 0. The largest absolute Gasteiger partial charge is 0.465 e. The third kappa shape index (κ3) is 4.32. The van der Waals surface area contributed by atoms with Crippen LogP contribution in [0.3, 0.4) is 0 Å². The predicted octanol–water partition coefficient (Wildman–Crippen LogP) is 4.00. The molecule has 0 spiro atoms. The second-order valence-corrected chi connectivity index (χ2v) is 6.36. The number of thioether (sulfide) groups is 1. The molecule has 1 N–H and O–H groups in total. The predicted molar refractivity (Wildman–Crippen MR) is 96.2 cm³/mol. The maximum absolute atomic E-state index is 12.0. The summed E-state index contributed by atoms with van der Waals surface area (Å²) in [5, 5.41) is 3.71. The van der Waals surface area contributed by atoms with Crippen molar-refractivity contribution in [3.63, 3.8) is 0 Å². The maximum atomic E-state index is 12.0. The van der Waals surface area contributed by atoms with Crippen LogP contribution < -0.4 is 5.32 Å². The first-order valence-corrected chi connectivity index (χ1v) is 8.58. The van der Waals surface area contributed by atoms with Gasteiger partial charge in [-0.15, -0.1) is 0 Å². The van der Waals surface area contributed by atoms with Crippen LogP contribution in [0.25, 0.3) is 11.1 Å². The van der Waals surface area contributed by atoms with E-state index in [1.165, 1.54) is 18.9 Å². The molecule has 25 heavy (non-hydrogen) atoms. The summed E-state index contributed by atoms with van der Waals surface area (Å²) in [6.07, 6.45) is 0. The van der Waals surface area contributed by atoms with Crippen molar-refractivity contribution in [2.75, 3.05) is 18.2 Å². The lowest BCUT2D eigenvalue weighted by Gasteiger charge is -2.05. The number of oxazole rings is 1. The molecule has 128 valence electrons. The molecule has 0 bridgehead atoms. The number of nitrogens with zero attached hydrogens (tertiary/aromatic N) is 1. The van der Waals surface area contributed by atoms with Gasteiger partial charge >= 0.3 is 5.97 Å². The molecule has 6 nitrogen and oxygen atoms in total. The van der Waals surface area contributed by atoms with Gasteiger partial charge in [0.2, 0.25) is 5.91 Å². The molecule has 1 aromatic heterocycles. The molecule has 2 aromatic carbocycles. The topological polar surface area (TPSA) is 81.4 Å². The number of halogens is 1. The van der Waals surface area contributed by atoms with Gasteiger partial charge in [-0.1, -0.05) is 23.4 Å². The lowest BCUT2D eigenvalue weighted by atomic mass is 10.2. The Hall–Kier alpha value is -2.51. The van der Waals surface area contributed by atoms with Crippen LogP contribution in [0.5, 0.6) is 0 Å². The molecule has 0 fully saturated rings. The highest BCUT2D eigenvalue weighted by Crippen LogP contribution is 2.25. The number of rotatable bonds is 5. The summed E-state index contributed by atoms with van der Waals surface area (Å²) in [5.74, 6) is -0.500. The number of benzene rings is 2. The molecule has 0 atom stereocenters. The highest BCUT2D eigenvalue weighted by molar-refractivity contribution is 7.99. The Balaban J connectivity index is 1.57. The Morgan fingerprint density at radius 1 is 1.24 bits per heavy atom. The standard InChI is InChI=1S/C17H13ClN2O4S/c1-23-16(22)10-2-5-12(6-3-10)19-15(21)9-25-17-20-13-8-11(18)4-7-14(13)24-17/h2-8H,9H2,1H3,(H,19,21). The zero-order valence-corrected chi connectivity index (χ0v) is 14.7. The van der Waals surface area contributed by atoms with Crippen molar-refractivity contribution in [2.24, 2.45) is 0 Å². The number of amides is 1. The number of carbonyl (C=O) groups is 2. The van der Waals surface area contributed by atoms with Gasteiger partial charge in [0.25, 0.3) is 5.22 Å². The number of fused-ring (bicyclic) bond motifs is 1.